The molecule has 0 bridgehead atoms. The first-order chi connectivity index (χ1) is 9.56. The van der Waals surface area contributed by atoms with Crippen molar-refractivity contribution in [1.82, 2.24) is 0 Å². The Kier molecular flexibility index (Phi) is 4.83. The van der Waals surface area contributed by atoms with Crippen LogP contribution in [0.2, 0.25) is 10.0 Å². The van der Waals surface area contributed by atoms with Gasteiger partial charge in [0.2, 0.25) is 0 Å². The molecule has 2 aromatic rings. The maximum atomic E-state index is 11.0. The lowest BCUT2D eigenvalue weighted by Gasteiger charge is -2.09. The minimum Gasteiger partial charge on any atom is -0.478 e. The first-order valence-corrected chi connectivity index (χ1v) is 6.74. The zero-order valence-corrected chi connectivity index (χ0v) is 12.0. The Labute approximate surface area is 127 Å². The average molecular weight is 307 g/mol. The molecule has 0 saturated carbocycles. The number of hydrogen-bond acceptors (Lipinski definition) is 1. The summed E-state index contributed by atoms with van der Waals surface area (Å²) in [5, 5.41) is 9.87. The van der Waals surface area contributed by atoms with Gasteiger partial charge in [0.1, 0.15) is 0 Å². The van der Waals surface area contributed by atoms with Gasteiger partial charge in [0.25, 0.3) is 0 Å². The molecule has 0 aliphatic heterocycles. The van der Waals surface area contributed by atoms with E-state index in [0.29, 0.717) is 22.0 Å². The summed E-state index contributed by atoms with van der Waals surface area (Å²) < 4.78 is 0. The molecule has 4 heteroatoms. The summed E-state index contributed by atoms with van der Waals surface area (Å²) in [6.45, 7) is 0. The zero-order chi connectivity index (χ0) is 14.5. The van der Waals surface area contributed by atoms with Gasteiger partial charge >= 0.3 is 5.97 Å². The first-order valence-electron chi connectivity index (χ1n) is 5.99. The molecular weight excluding hydrogens is 295 g/mol. The molecule has 2 rings (SSSR count). The van der Waals surface area contributed by atoms with E-state index < -0.39 is 5.97 Å². The Morgan fingerprint density at radius 2 is 1.75 bits per heavy atom. The number of benzene rings is 2. The van der Waals surface area contributed by atoms with E-state index >= 15 is 0 Å². The summed E-state index contributed by atoms with van der Waals surface area (Å²) in [5.74, 6) is -0.984. The van der Waals surface area contributed by atoms with Crippen LogP contribution >= 0.6 is 23.2 Å². The maximum Gasteiger partial charge on any atom is 0.328 e. The molecule has 0 unspecified atom stereocenters. The SMILES string of the molecule is O=C(O)C=C(Cc1ccccc1)c1ccc(Cl)c(Cl)c1. The van der Waals surface area contributed by atoms with E-state index in [1.807, 2.05) is 30.3 Å². The fourth-order valence-electron chi connectivity index (χ4n) is 1.90. The molecule has 20 heavy (non-hydrogen) atoms. The van der Waals surface area contributed by atoms with Gasteiger partial charge < -0.3 is 5.11 Å². The largest absolute Gasteiger partial charge is 0.478 e. The molecule has 2 nitrogen and oxygen atoms in total. The average Bonchev–Trinajstić information content (AvgIpc) is 2.42. The molecule has 0 spiro atoms. The van der Waals surface area contributed by atoms with E-state index in [2.05, 4.69) is 0 Å². The van der Waals surface area contributed by atoms with Crippen molar-refractivity contribution in [2.75, 3.05) is 0 Å². The van der Waals surface area contributed by atoms with Crippen LogP contribution in [-0.2, 0) is 11.2 Å². The van der Waals surface area contributed by atoms with Gasteiger partial charge in [-0.1, -0.05) is 59.6 Å². The van der Waals surface area contributed by atoms with Gasteiger partial charge in [-0.25, -0.2) is 4.79 Å². The van der Waals surface area contributed by atoms with Crippen molar-refractivity contribution in [3.63, 3.8) is 0 Å². The second-order valence-electron chi connectivity index (χ2n) is 4.30. The number of rotatable bonds is 4. The van der Waals surface area contributed by atoms with Crippen molar-refractivity contribution in [3.8, 4) is 0 Å². The molecule has 0 radical (unpaired) electrons. The van der Waals surface area contributed by atoms with Crippen LogP contribution in [0.25, 0.3) is 5.57 Å². The molecule has 0 saturated heterocycles. The van der Waals surface area contributed by atoms with Crippen LogP contribution in [-0.4, -0.2) is 11.1 Å². The van der Waals surface area contributed by atoms with Crippen LogP contribution < -0.4 is 0 Å². The standard InChI is InChI=1S/C16H12Cl2O2/c17-14-7-6-12(9-15(14)18)13(10-16(19)20)8-11-4-2-1-3-5-11/h1-7,9-10H,8H2,(H,19,20). The number of aliphatic carboxylic acids is 1. The number of carboxylic acid groups (broad SMARTS) is 1. The van der Waals surface area contributed by atoms with Gasteiger partial charge in [0.15, 0.2) is 0 Å². The molecule has 0 aliphatic rings. The monoisotopic (exact) mass is 306 g/mol. The van der Waals surface area contributed by atoms with Crippen molar-refractivity contribution >= 4 is 34.7 Å². The van der Waals surface area contributed by atoms with Gasteiger partial charge in [0, 0.05) is 6.08 Å². The number of hydrogen-bond donors (Lipinski definition) is 1. The normalized spacial score (nSPS) is 11.4. The topological polar surface area (TPSA) is 37.3 Å². The predicted molar refractivity (Wildman–Crippen MR) is 82.2 cm³/mol. The number of halogens is 2. The third kappa shape index (κ3) is 3.86. The van der Waals surface area contributed by atoms with E-state index in [1.54, 1.807) is 18.2 Å². The summed E-state index contributed by atoms with van der Waals surface area (Å²) >= 11 is 11.9. The van der Waals surface area contributed by atoms with Crippen molar-refractivity contribution < 1.29 is 9.90 Å². The van der Waals surface area contributed by atoms with Gasteiger partial charge in [-0.2, -0.15) is 0 Å². The van der Waals surface area contributed by atoms with Gasteiger partial charge in [-0.05, 0) is 35.3 Å². The highest BCUT2D eigenvalue weighted by molar-refractivity contribution is 6.42. The van der Waals surface area contributed by atoms with Crippen molar-refractivity contribution in [3.05, 3.63) is 75.8 Å². The third-order valence-corrected chi connectivity index (χ3v) is 3.56. The van der Waals surface area contributed by atoms with E-state index in [0.717, 1.165) is 11.1 Å². The zero-order valence-electron chi connectivity index (χ0n) is 10.5. The second-order valence-corrected chi connectivity index (χ2v) is 5.11. The first kappa shape index (κ1) is 14.6. The Balaban J connectivity index is 2.38. The molecule has 2 aromatic carbocycles. The summed E-state index contributed by atoms with van der Waals surface area (Å²) in [4.78, 5) is 11.0. The minimum absolute atomic E-state index is 0.411. The fraction of sp³-hybridized carbons (Fsp3) is 0.0625. The van der Waals surface area contributed by atoms with Crippen LogP contribution in [0, 0.1) is 0 Å². The van der Waals surface area contributed by atoms with Crippen LogP contribution in [0.3, 0.4) is 0 Å². The number of carbonyl (C=O) groups is 1. The maximum absolute atomic E-state index is 11.0. The van der Waals surface area contributed by atoms with Crippen LogP contribution in [0.4, 0.5) is 0 Å². The van der Waals surface area contributed by atoms with Crippen molar-refractivity contribution in [2.24, 2.45) is 0 Å². The van der Waals surface area contributed by atoms with Crippen LogP contribution in [0.1, 0.15) is 11.1 Å². The highest BCUT2D eigenvalue weighted by Crippen LogP contribution is 2.27. The fourth-order valence-corrected chi connectivity index (χ4v) is 2.20. The number of allylic oxidation sites excluding steroid dienone is 1. The summed E-state index contributed by atoms with van der Waals surface area (Å²) in [6.07, 6.45) is 1.72. The molecule has 0 amide bonds. The summed E-state index contributed by atoms with van der Waals surface area (Å²) in [7, 11) is 0. The van der Waals surface area contributed by atoms with Gasteiger partial charge in [-0.15, -0.1) is 0 Å². The third-order valence-electron chi connectivity index (χ3n) is 2.83. The molecule has 0 fully saturated rings. The predicted octanol–water partition coefficient (Wildman–Crippen LogP) is 4.70. The minimum atomic E-state index is -0.984. The Morgan fingerprint density at radius 1 is 1.05 bits per heavy atom. The van der Waals surface area contributed by atoms with Crippen molar-refractivity contribution in [1.29, 1.82) is 0 Å². The van der Waals surface area contributed by atoms with Gasteiger partial charge in [-0.3, -0.25) is 0 Å². The number of carboxylic acids is 1. The smallest absolute Gasteiger partial charge is 0.328 e. The molecule has 0 aromatic heterocycles. The Bertz CT molecular complexity index is 649. The van der Waals surface area contributed by atoms with Crippen molar-refractivity contribution in [2.45, 2.75) is 6.42 Å². The highest BCUT2D eigenvalue weighted by Gasteiger charge is 2.08. The lowest BCUT2D eigenvalue weighted by molar-refractivity contribution is -0.131. The second kappa shape index (κ2) is 6.60. The lowest BCUT2D eigenvalue weighted by atomic mass is 9.98. The Hall–Kier alpha value is -1.77. The van der Waals surface area contributed by atoms with E-state index in [-0.39, 0.29) is 0 Å². The van der Waals surface area contributed by atoms with E-state index in [4.69, 9.17) is 28.3 Å². The lowest BCUT2D eigenvalue weighted by Crippen LogP contribution is -1.96. The highest BCUT2D eigenvalue weighted by atomic mass is 35.5. The van der Waals surface area contributed by atoms with E-state index in [1.165, 1.54) is 6.08 Å². The Morgan fingerprint density at radius 3 is 2.35 bits per heavy atom. The molecular formula is C16H12Cl2O2. The van der Waals surface area contributed by atoms with E-state index in [9.17, 15) is 4.79 Å². The molecule has 1 N–H and O–H groups in total. The van der Waals surface area contributed by atoms with Crippen LogP contribution in [0.5, 0.6) is 0 Å². The molecule has 0 atom stereocenters. The van der Waals surface area contributed by atoms with Crippen LogP contribution in [0.15, 0.2) is 54.6 Å². The summed E-state index contributed by atoms with van der Waals surface area (Å²) in [6, 6.07) is 14.8. The molecule has 0 heterocycles. The van der Waals surface area contributed by atoms with Gasteiger partial charge in [0.05, 0.1) is 10.0 Å². The molecule has 0 aliphatic carbocycles. The quantitative estimate of drug-likeness (QED) is 0.831. The molecule has 102 valence electrons. The summed E-state index contributed by atoms with van der Waals surface area (Å²) in [5.41, 5.74) is 2.47.